The number of fused-ring (bicyclic) bond motifs is 7. The highest BCUT2D eigenvalue weighted by Gasteiger charge is 2.69. The fourth-order valence-corrected chi connectivity index (χ4v) is 16.8. The van der Waals surface area contributed by atoms with Crippen LogP contribution >= 0.6 is 0 Å². The van der Waals surface area contributed by atoms with Gasteiger partial charge in [-0.2, -0.15) is 0 Å². The van der Waals surface area contributed by atoms with E-state index in [1.165, 1.54) is 6.92 Å². The Hall–Kier alpha value is -1.08. The Bertz CT molecular complexity index is 2120. The first-order chi connectivity index (χ1) is 39.3. The Morgan fingerprint density at radius 3 is 1.84 bits per heavy atom. The predicted octanol–water partition coefficient (Wildman–Crippen LogP) is -4.46. The van der Waals surface area contributed by atoms with Crippen LogP contribution in [0.5, 0.6) is 0 Å². The number of hydrogen-bond donors (Lipinski definition) is 16. The van der Waals surface area contributed by atoms with Crippen molar-refractivity contribution in [3.63, 3.8) is 0 Å². The molecule has 10 aliphatic rings. The lowest BCUT2D eigenvalue weighted by Crippen LogP contribution is -2.67. The lowest BCUT2D eigenvalue weighted by atomic mass is 9.44. The molecule has 0 spiro atoms. The maximum Gasteiger partial charge on any atom is 0.187 e. The molecule has 0 aromatic rings. The second-order valence-corrected chi connectivity index (χ2v) is 26.6. The third-order valence-corrected chi connectivity index (χ3v) is 21.8. The Morgan fingerprint density at radius 2 is 1.13 bits per heavy atom. The summed E-state index contributed by atoms with van der Waals surface area (Å²) in [6, 6.07) is 0. The fraction of sp³-hybridized carbons (Fsp3) is 1.00. The van der Waals surface area contributed by atoms with Crippen LogP contribution in [-0.2, 0) is 52.1 Å². The van der Waals surface area contributed by atoms with E-state index in [0.29, 0.717) is 43.4 Å². The Kier molecular flexibility index (Phi) is 20.1. The van der Waals surface area contributed by atoms with Gasteiger partial charge in [-0.1, -0.05) is 27.7 Å². The average Bonchev–Trinajstić information content (AvgIpc) is 1.68. The van der Waals surface area contributed by atoms with Crippen molar-refractivity contribution in [1.82, 2.24) is 0 Å². The highest BCUT2D eigenvalue weighted by Crippen LogP contribution is 2.71. The second-order valence-electron chi connectivity index (χ2n) is 26.6. The number of hydrogen-bond acceptors (Lipinski definition) is 27. The molecule has 0 bridgehead atoms. The first kappa shape index (κ1) is 64.9. The van der Waals surface area contributed by atoms with Gasteiger partial charge in [-0.15, -0.1) is 0 Å². The van der Waals surface area contributed by atoms with Crippen LogP contribution in [0.15, 0.2) is 0 Å². The zero-order valence-electron chi connectivity index (χ0n) is 47.8. The number of aliphatic hydroxyl groups is 16. The second kappa shape index (κ2) is 25.7. The van der Waals surface area contributed by atoms with Crippen molar-refractivity contribution >= 4 is 0 Å². The highest BCUT2D eigenvalue weighted by molar-refractivity contribution is 5.15. The molecule has 1 unspecified atom stereocenters. The maximum atomic E-state index is 12.3. The van der Waals surface area contributed by atoms with E-state index >= 15 is 0 Å². The molecular formula is C56H94O27. The van der Waals surface area contributed by atoms with Crippen LogP contribution in [0.4, 0.5) is 0 Å². The van der Waals surface area contributed by atoms with E-state index in [-0.39, 0.29) is 47.2 Å². The molecule has 0 aromatic carbocycles. The molecule has 10 fully saturated rings. The van der Waals surface area contributed by atoms with Gasteiger partial charge in [-0.05, 0) is 111 Å². The monoisotopic (exact) mass is 1200 g/mol. The summed E-state index contributed by atoms with van der Waals surface area (Å²) in [7, 11) is 0. The number of aliphatic hydroxyl groups excluding tert-OH is 15. The third-order valence-electron chi connectivity index (χ3n) is 21.8. The summed E-state index contributed by atoms with van der Waals surface area (Å²) in [5.41, 5.74) is -0.130. The van der Waals surface area contributed by atoms with E-state index in [9.17, 15) is 81.7 Å². The van der Waals surface area contributed by atoms with Gasteiger partial charge in [0.05, 0.1) is 51.3 Å². The van der Waals surface area contributed by atoms with Gasteiger partial charge in [-0.3, -0.25) is 0 Å². The Balaban J connectivity index is 0.786. The molecule has 0 aromatic heterocycles. The molecule has 6 aliphatic heterocycles. The molecule has 0 radical (unpaired) electrons. The predicted molar refractivity (Wildman–Crippen MR) is 277 cm³/mol. The molecule has 10 rings (SSSR count). The minimum absolute atomic E-state index is 0.0595. The summed E-state index contributed by atoms with van der Waals surface area (Å²) in [6.07, 6.45) is -31.0. The van der Waals surface area contributed by atoms with Gasteiger partial charge in [0.2, 0.25) is 0 Å². The molecule has 36 atom stereocenters. The van der Waals surface area contributed by atoms with Crippen LogP contribution in [0, 0.1) is 52.3 Å². The zero-order chi connectivity index (χ0) is 59.9. The van der Waals surface area contributed by atoms with E-state index in [1.54, 1.807) is 0 Å². The van der Waals surface area contributed by atoms with Crippen LogP contribution in [0.3, 0.4) is 0 Å². The number of rotatable bonds is 17. The van der Waals surface area contributed by atoms with E-state index in [4.69, 9.17) is 52.1 Å². The quantitative estimate of drug-likeness (QED) is 0.0611. The smallest absolute Gasteiger partial charge is 0.187 e. The molecule has 27 heteroatoms. The molecule has 0 amide bonds. The largest absolute Gasteiger partial charge is 0.394 e. The van der Waals surface area contributed by atoms with Gasteiger partial charge in [0.1, 0.15) is 110 Å². The summed E-state index contributed by atoms with van der Waals surface area (Å²) < 4.78 is 66.2. The summed E-state index contributed by atoms with van der Waals surface area (Å²) in [5, 5.41) is 172. The van der Waals surface area contributed by atoms with Crippen LogP contribution in [0.2, 0.25) is 0 Å². The SMILES string of the molecule is C[C@H](CC[C@@]1(O)O[C@H]2C[C@H]3[C@@H]4CCC5C[C@@H](O[C@@H]6O[C@H](CO)[C@H](O[C@@H]7O[C@H](CO)[C@@H](O)[C@H](O[C@@H]8OC[C@@H](O)[C@H](O)[C@H]8O)[C@H]7O)[C@H](O)[C@H]6O[C@@H]6O[C@@H](C)[C@H](O)[C@@H](O)[C@H]6O)CC[C@]5(C)[C@H]4CC[C@]3(C)[C@H]2[C@@H]1C)CO[C@@H]1O[C@H](CO)[C@@H](O)[C@H](O)[C@H]1O. The summed E-state index contributed by atoms with van der Waals surface area (Å²) >= 11 is 0. The molecule has 27 nitrogen and oxygen atoms in total. The molecule has 4 aliphatic carbocycles. The van der Waals surface area contributed by atoms with Crippen molar-refractivity contribution in [3.05, 3.63) is 0 Å². The van der Waals surface area contributed by atoms with Gasteiger partial charge in [0, 0.05) is 12.3 Å². The van der Waals surface area contributed by atoms with Crippen LogP contribution < -0.4 is 0 Å². The lowest BCUT2D eigenvalue weighted by Gasteiger charge is -2.61. The standard InChI is InChI=1S/C56H94O27/c1-21(19-73-49-42(68)40(66)37(63)31(16-57)77-49)8-13-56(72)22(2)34-30(83-56)15-28-26-7-6-24-14-25(9-11-54(24,4)27(26)10-12-55(28,34)5)76-53-48(82-51-43(69)39(65)35(61)23(3)75-51)44(70)46(33(18-59)79-53)80-52-45(71)47(38(64)32(17-58)78-52)81-50-41(67)36(62)29(60)20-74-50/h21-53,57-72H,6-20H2,1-5H3/t21-,22+,23+,24?,25+,26-,27+,28+,29-,30+,31-,32-,33-,34+,35+,36+,37-,38-,39-,40+,41-,42-,43-,44+,45-,46+,47+,48-,49-,50+,51+,52+,53-,54+,55+,56-/m1/s1. The lowest BCUT2D eigenvalue weighted by molar-refractivity contribution is -0.395. The van der Waals surface area contributed by atoms with E-state index < -0.39 is 186 Å². The Labute approximate surface area is 482 Å². The Morgan fingerprint density at radius 1 is 0.530 bits per heavy atom. The molecular weight excluding hydrogens is 1100 g/mol. The van der Waals surface area contributed by atoms with Crippen molar-refractivity contribution < 1.29 is 134 Å². The first-order valence-electron chi connectivity index (χ1n) is 30.1. The van der Waals surface area contributed by atoms with Gasteiger partial charge >= 0.3 is 0 Å². The minimum Gasteiger partial charge on any atom is -0.394 e. The highest BCUT2D eigenvalue weighted by atomic mass is 16.8. The molecule has 16 N–H and O–H groups in total. The molecule has 480 valence electrons. The number of ether oxygens (including phenoxy) is 11. The van der Waals surface area contributed by atoms with Crippen LogP contribution in [-0.4, -0.2) is 280 Å². The topological polar surface area (TPSA) is 425 Å². The van der Waals surface area contributed by atoms with Crippen molar-refractivity contribution in [3.8, 4) is 0 Å². The van der Waals surface area contributed by atoms with Gasteiger partial charge < -0.3 is 134 Å². The third kappa shape index (κ3) is 12.0. The van der Waals surface area contributed by atoms with E-state index in [1.807, 2.05) is 6.92 Å². The van der Waals surface area contributed by atoms with Gasteiger partial charge in [-0.25, -0.2) is 0 Å². The molecule has 6 saturated heterocycles. The summed E-state index contributed by atoms with van der Waals surface area (Å²) in [4.78, 5) is 0. The molecule has 83 heavy (non-hydrogen) atoms. The van der Waals surface area contributed by atoms with Crippen molar-refractivity contribution in [1.29, 1.82) is 0 Å². The minimum atomic E-state index is -1.96. The van der Waals surface area contributed by atoms with Gasteiger partial charge in [0.25, 0.3) is 0 Å². The van der Waals surface area contributed by atoms with Crippen LogP contribution in [0.1, 0.15) is 98.8 Å². The van der Waals surface area contributed by atoms with E-state index in [2.05, 4.69) is 20.8 Å². The molecule has 6 heterocycles. The van der Waals surface area contributed by atoms with Crippen LogP contribution in [0.25, 0.3) is 0 Å². The van der Waals surface area contributed by atoms with Gasteiger partial charge in [0.15, 0.2) is 37.2 Å². The van der Waals surface area contributed by atoms with Crippen molar-refractivity contribution in [2.45, 2.75) is 264 Å². The zero-order valence-corrected chi connectivity index (χ0v) is 47.8. The summed E-state index contributed by atoms with van der Waals surface area (Å²) in [6.45, 7) is 7.75. The summed E-state index contributed by atoms with van der Waals surface area (Å²) in [5.74, 6) is -0.0280. The van der Waals surface area contributed by atoms with E-state index in [0.717, 1.165) is 38.5 Å². The average molecular weight is 1200 g/mol. The molecule has 4 saturated carbocycles. The maximum absolute atomic E-state index is 12.3. The van der Waals surface area contributed by atoms with Crippen molar-refractivity contribution in [2.75, 3.05) is 33.0 Å². The first-order valence-corrected chi connectivity index (χ1v) is 30.1. The normalized spacial score (nSPS) is 55.9. The fourth-order valence-electron chi connectivity index (χ4n) is 16.8. The van der Waals surface area contributed by atoms with Crippen molar-refractivity contribution in [2.24, 2.45) is 52.3 Å².